The Hall–Kier alpha value is -2.40. The molecule has 22 heavy (non-hydrogen) atoms. The summed E-state index contributed by atoms with van der Waals surface area (Å²) in [5.74, 6) is 1.31. The maximum Gasteiger partial charge on any atom is 0.323 e. The van der Waals surface area contributed by atoms with Crippen molar-refractivity contribution in [2.75, 3.05) is 23.8 Å². The Labute approximate surface area is 133 Å². The van der Waals surface area contributed by atoms with Crippen molar-refractivity contribution in [2.24, 2.45) is 0 Å². The van der Waals surface area contributed by atoms with Gasteiger partial charge in [-0.1, -0.05) is 17.7 Å². The normalized spacial score (nSPS) is 12.6. The van der Waals surface area contributed by atoms with Crippen molar-refractivity contribution in [2.45, 2.75) is 6.92 Å². The van der Waals surface area contributed by atoms with Crippen LogP contribution >= 0.6 is 11.6 Å². The van der Waals surface area contributed by atoms with E-state index in [1.54, 1.807) is 30.3 Å². The zero-order valence-electron chi connectivity index (χ0n) is 12.0. The Balaban J connectivity index is 1.70. The number of nitrogens with one attached hydrogen (secondary N) is 2. The lowest BCUT2D eigenvalue weighted by atomic mass is 10.2. The molecule has 0 aromatic heterocycles. The van der Waals surface area contributed by atoms with Gasteiger partial charge in [-0.2, -0.15) is 0 Å². The molecule has 0 atom stereocenters. The van der Waals surface area contributed by atoms with Crippen LogP contribution in [0.3, 0.4) is 0 Å². The third-order valence-electron chi connectivity index (χ3n) is 3.25. The number of hydrogen-bond acceptors (Lipinski definition) is 3. The SMILES string of the molecule is Cc1ccc(Cl)cc1NC(=O)Nc1ccc2c(c1)OCCO2. The molecule has 0 unspecified atom stereocenters. The van der Waals surface area contributed by atoms with Crippen molar-refractivity contribution in [1.82, 2.24) is 0 Å². The highest BCUT2D eigenvalue weighted by atomic mass is 35.5. The molecule has 3 rings (SSSR count). The van der Waals surface area contributed by atoms with Crippen LogP contribution < -0.4 is 20.1 Å². The Morgan fingerprint density at radius 3 is 2.64 bits per heavy atom. The molecule has 0 bridgehead atoms. The first kappa shape index (κ1) is 14.5. The zero-order valence-corrected chi connectivity index (χ0v) is 12.7. The van der Waals surface area contributed by atoms with E-state index in [1.165, 1.54) is 0 Å². The van der Waals surface area contributed by atoms with Crippen LogP contribution in [-0.2, 0) is 0 Å². The molecule has 0 spiro atoms. The Morgan fingerprint density at radius 1 is 1.05 bits per heavy atom. The molecule has 0 aliphatic carbocycles. The van der Waals surface area contributed by atoms with E-state index in [1.807, 2.05) is 13.0 Å². The van der Waals surface area contributed by atoms with Gasteiger partial charge >= 0.3 is 6.03 Å². The van der Waals surface area contributed by atoms with E-state index >= 15 is 0 Å². The molecule has 114 valence electrons. The van der Waals surface area contributed by atoms with Gasteiger partial charge in [0.1, 0.15) is 13.2 Å². The average molecular weight is 319 g/mol. The number of amides is 2. The summed E-state index contributed by atoms with van der Waals surface area (Å²) in [5, 5.41) is 6.10. The van der Waals surface area contributed by atoms with Gasteiger partial charge < -0.3 is 20.1 Å². The highest BCUT2D eigenvalue weighted by molar-refractivity contribution is 6.31. The average Bonchev–Trinajstić information content (AvgIpc) is 2.51. The first-order chi connectivity index (χ1) is 10.6. The van der Waals surface area contributed by atoms with Crippen molar-refractivity contribution < 1.29 is 14.3 Å². The second-order valence-electron chi connectivity index (χ2n) is 4.90. The van der Waals surface area contributed by atoms with Crippen molar-refractivity contribution in [3.8, 4) is 11.5 Å². The summed E-state index contributed by atoms with van der Waals surface area (Å²) in [5.41, 5.74) is 2.23. The molecule has 2 aromatic carbocycles. The molecule has 0 radical (unpaired) electrons. The molecule has 2 aromatic rings. The van der Waals surface area contributed by atoms with Gasteiger partial charge in [-0.05, 0) is 36.8 Å². The largest absolute Gasteiger partial charge is 0.486 e. The van der Waals surface area contributed by atoms with Crippen LogP contribution in [0.15, 0.2) is 36.4 Å². The van der Waals surface area contributed by atoms with E-state index in [0.29, 0.717) is 41.1 Å². The number of ether oxygens (including phenoxy) is 2. The number of carbonyl (C=O) groups is 1. The zero-order chi connectivity index (χ0) is 15.5. The van der Waals surface area contributed by atoms with Crippen LogP contribution in [0.1, 0.15) is 5.56 Å². The number of hydrogen-bond donors (Lipinski definition) is 2. The molecule has 1 aliphatic rings. The minimum atomic E-state index is -0.345. The van der Waals surface area contributed by atoms with E-state index in [2.05, 4.69) is 10.6 Å². The predicted molar refractivity (Wildman–Crippen MR) is 86.3 cm³/mol. The fraction of sp³-hybridized carbons (Fsp3) is 0.188. The molecule has 1 heterocycles. The summed E-state index contributed by atoms with van der Waals surface area (Å²) in [7, 11) is 0. The molecular weight excluding hydrogens is 304 g/mol. The molecule has 0 saturated carbocycles. The lowest BCUT2D eigenvalue weighted by Gasteiger charge is -2.19. The summed E-state index contributed by atoms with van der Waals surface area (Å²) < 4.78 is 10.9. The van der Waals surface area contributed by atoms with Crippen LogP contribution in [0.25, 0.3) is 0 Å². The van der Waals surface area contributed by atoms with Crippen LogP contribution in [0.4, 0.5) is 16.2 Å². The summed E-state index contributed by atoms with van der Waals surface area (Å²) in [6.07, 6.45) is 0. The van der Waals surface area contributed by atoms with Gasteiger partial charge in [0, 0.05) is 22.5 Å². The van der Waals surface area contributed by atoms with E-state index in [9.17, 15) is 4.79 Å². The lowest BCUT2D eigenvalue weighted by molar-refractivity contribution is 0.171. The van der Waals surface area contributed by atoms with Gasteiger partial charge in [0.15, 0.2) is 11.5 Å². The number of benzene rings is 2. The quantitative estimate of drug-likeness (QED) is 0.877. The molecule has 1 aliphatic heterocycles. The first-order valence-electron chi connectivity index (χ1n) is 6.85. The molecule has 6 heteroatoms. The molecular formula is C16H15ClN2O3. The molecule has 2 amide bonds. The fourth-order valence-corrected chi connectivity index (χ4v) is 2.31. The minimum absolute atomic E-state index is 0.345. The maximum absolute atomic E-state index is 12.1. The number of rotatable bonds is 2. The smallest absolute Gasteiger partial charge is 0.323 e. The van der Waals surface area contributed by atoms with Crippen molar-refractivity contribution in [3.63, 3.8) is 0 Å². The predicted octanol–water partition coefficient (Wildman–Crippen LogP) is 4.06. The third-order valence-corrected chi connectivity index (χ3v) is 3.48. The molecule has 0 saturated heterocycles. The number of halogens is 1. The summed E-state index contributed by atoms with van der Waals surface area (Å²) in [6.45, 7) is 2.94. The van der Waals surface area contributed by atoms with Crippen LogP contribution in [0.2, 0.25) is 5.02 Å². The number of anilines is 2. The van der Waals surface area contributed by atoms with Crippen molar-refractivity contribution in [3.05, 3.63) is 47.0 Å². The summed E-state index contributed by atoms with van der Waals surface area (Å²) in [4.78, 5) is 12.1. The Kier molecular flexibility index (Phi) is 4.06. The van der Waals surface area contributed by atoms with Crippen LogP contribution in [0, 0.1) is 6.92 Å². The lowest BCUT2D eigenvalue weighted by Crippen LogP contribution is -2.20. The molecule has 0 fully saturated rings. The standard InChI is InChI=1S/C16H15ClN2O3/c1-10-2-3-11(17)8-13(10)19-16(20)18-12-4-5-14-15(9-12)22-7-6-21-14/h2-5,8-9H,6-7H2,1H3,(H2,18,19,20). The van der Waals surface area contributed by atoms with Gasteiger partial charge in [0.2, 0.25) is 0 Å². The van der Waals surface area contributed by atoms with Gasteiger partial charge in [-0.25, -0.2) is 4.79 Å². The maximum atomic E-state index is 12.1. The molecule has 2 N–H and O–H groups in total. The topological polar surface area (TPSA) is 59.6 Å². The van der Waals surface area contributed by atoms with Gasteiger partial charge in [-0.15, -0.1) is 0 Å². The molecule has 5 nitrogen and oxygen atoms in total. The number of urea groups is 1. The van der Waals surface area contributed by atoms with Gasteiger partial charge in [0.25, 0.3) is 0 Å². The fourth-order valence-electron chi connectivity index (χ4n) is 2.13. The van der Waals surface area contributed by atoms with E-state index in [-0.39, 0.29) is 6.03 Å². The summed E-state index contributed by atoms with van der Waals surface area (Å²) >= 11 is 5.94. The minimum Gasteiger partial charge on any atom is -0.486 e. The Morgan fingerprint density at radius 2 is 1.82 bits per heavy atom. The first-order valence-corrected chi connectivity index (χ1v) is 7.23. The van der Waals surface area contributed by atoms with Crippen molar-refractivity contribution in [1.29, 1.82) is 0 Å². The van der Waals surface area contributed by atoms with E-state index < -0.39 is 0 Å². The number of carbonyl (C=O) groups excluding carboxylic acids is 1. The van der Waals surface area contributed by atoms with E-state index in [4.69, 9.17) is 21.1 Å². The van der Waals surface area contributed by atoms with E-state index in [0.717, 1.165) is 5.56 Å². The second-order valence-corrected chi connectivity index (χ2v) is 5.33. The second kappa shape index (κ2) is 6.15. The monoisotopic (exact) mass is 318 g/mol. The summed E-state index contributed by atoms with van der Waals surface area (Å²) in [6, 6.07) is 10.3. The van der Waals surface area contributed by atoms with Crippen molar-refractivity contribution >= 4 is 29.0 Å². The van der Waals surface area contributed by atoms with Gasteiger partial charge in [-0.3, -0.25) is 0 Å². The third kappa shape index (κ3) is 3.26. The highest BCUT2D eigenvalue weighted by Crippen LogP contribution is 2.32. The number of fused-ring (bicyclic) bond motifs is 1. The highest BCUT2D eigenvalue weighted by Gasteiger charge is 2.13. The van der Waals surface area contributed by atoms with Crippen LogP contribution in [-0.4, -0.2) is 19.2 Å². The van der Waals surface area contributed by atoms with Crippen LogP contribution in [0.5, 0.6) is 11.5 Å². The Bertz CT molecular complexity index is 719. The van der Waals surface area contributed by atoms with Gasteiger partial charge in [0.05, 0.1) is 0 Å². The number of aryl methyl sites for hydroxylation is 1.